The van der Waals surface area contributed by atoms with Gasteiger partial charge < -0.3 is 10.4 Å². The highest BCUT2D eigenvalue weighted by atomic mass is 16.3. The quantitative estimate of drug-likeness (QED) is 0.851. The van der Waals surface area contributed by atoms with Gasteiger partial charge in [0.05, 0.1) is 6.42 Å². The number of carbonyl (C=O) groups excluding carboxylic acids is 1. The predicted octanol–water partition coefficient (Wildman–Crippen LogP) is 3.11. The maximum Gasteiger partial charge on any atom is 0.224 e. The molecule has 1 aliphatic heterocycles. The maximum atomic E-state index is 12.3. The molecule has 1 fully saturated rings. The van der Waals surface area contributed by atoms with E-state index < -0.39 is 0 Å². The van der Waals surface area contributed by atoms with Crippen molar-refractivity contribution in [2.45, 2.75) is 38.3 Å². The van der Waals surface area contributed by atoms with Crippen molar-refractivity contribution in [3.05, 3.63) is 65.7 Å². The molecule has 0 radical (unpaired) electrons. The van der Waals surface area contributed by atoms with Gasteiger partial charge in [0.15, 0.2) is 0 Å². The van der Waals surface area contributed by atoms with Crippen LogP contribution in [0.4, 0.5) is 0 Å². The Morgan fingerprint density at radius 1 is 1.16 bits per heavy atom. The van der Waals surface area contributed by atoms with E-state index in [2.05, 4.69) is 41.4 Å². The molecule has 0 aromatic heterocycles. The predicted molar refractivity (Wildman–Crippen MR) is 99.3 cm³/mol. The molecular formula is C21H26N2O2. The highest BCUT2D eigenvalue weighted by Crippen LogP contribution is 2.30. The average molecular weight is 338 g/mol. The average Bonchev–Trinajstić information content (AvgIpc) is 2.95. The van der Waals surface area contributed by atoms with Gasteiger partial charge in [-0.25, -0.2) is 0 Å². The first-order chi connectivity index (χ1) is 12.0. The molecule has 0 saturated carbocycles. The Labute approximate surface area is 149 Å². The summed E-state index contributed by atoms with van der Waals surface area (Å²) in [4.78, 5) is 14.7. The third kappa shape index (κ3) is 4.60. The fraction of sp³-hybridized carbons (Fsp3) is 0.381. The van der Waals surface area contributed by atoms with Crippen molar-refractivity contribution < 1.29 is 9.90 Å². The maximum absolute atomic E-state index is 12.3. The lowest BCUT2D eigenvalue weighted by molar-refractivity contribution is -0.121. The van der Waals surface area contributed by atoms with Gasteiger partial charge in [0.1, 0.15) is 5.75 Å². The highest BCUT2D eigenvalue weighted by molar-refractivity contribution is 5.78. The summed E-state index contributed by atoms with van der Waals surface area (Å²) in [7, 11) is 0. The number of hydrogen-bond acceptors (Lipinski definition) is 3. The van der Waals surface area contributed by atoms with Crippen LogP contribution in [0.3, 0.4) is 0 Å². The molecular weight excluding hydrogens is 312 g/mol. The number of benzene rings is 2. The molecule has 132 valence electrons. The molecule has 25 heavy (non-hydrogen) atoms. The fourth-order valence-corrected chi connectivity index (χ4v) is 3.56. The molecule has 1 aliphatic rings. The number of nitrogens with zero attached hydrogens (tertiary/aromatic N) is 1. The number of likely N-dealkylation sites (tertiary alicyclic amines) is 1. The van der Waals surface area contributed by atoms with E-state index in [4.69, 9.17) is 0 Å². The smallest absolute Gasteiger partial charge is 0.224 e. The molecule has 2 aromatic rings. The van der Waals surface area contributed by atoms with Gasteiger partial charge in [-0.1, -0.05) is 42.5 Å². The zero-order valence-electron chi connectivity index (χ0n) is 14.7. The monoisotopic (exact) mass is 338 g/mol. The number of phenols is 1. The lowest BCUT2D eigenvalue weighted by Crippen LogP contribution is -2.49. The second-order valence-corrected chi connectivity index (χ2v) is 7.13. The van der Waals surface area contributed by atoms with Crippen molar-refractivity contribution in [2.75, 3.05) is 13.1 Å². The number of hydrogen-bond donors (Lipinski definition) is 2. The van der Waals surface area contributed by atoms with E-state index in [9.17, 15) is 9.90 Å². The minimum atomic E-state index is -0.00960. The van der Waals surface area contributed by atoms with Gasteiger partial charge in [-0.15, -0.1) is 0 Å². The topological polar surface area (TPSA) is 52.6 Å². The van der Waals surface area contributed by atoms with Crippen LogP contribution in [0, 0.1) is 0 Å². The number of aromatic hydroxyl groups is 1. The summed E-state index contributed by atoms with van der Waals surface area (Å²) in [6, 6.07) is 17.4. The van der Waals surface area contributed by atoms with Crippen molar-refractivity contribution in [3.8, 4) is 5.75 Å². The number of rotatable bonds is 6. The summed E-state index contributed by atoms with van der Waals surface area (Å²) < 4.78 is 0. The summed E-state index contributed by atoms with van der Waals surface area (Å²) in [6.45, 7) is 4.86. The largest absolute Gasteiger partial charge is 0.508 e. The second-order valence-electron chi connectivity index (χ2n) is 7.13. The van der Waals surface area contributed by atoms with E-state index in [1.165, 1.54) is 5.56 Å². The molecule has 1 amide bonds. The van der Waals surface area contributed by atoms with E-state index in [1.54, 1.807) is 18.2 Å². The first-order valence-corrected chi connectivity index (χ1v) is 8.89. The van der Waals surface area contributed by atoms with Crippen molar-refractivity contribution >= 4 is 5.91 Å². The molecule has 1 saturated heterocycles. The third-order valence-corrected chi connectivity index (χ3v) is 5.06. The van der Waals surface area contributed by atoms with E-state index in [1.807, 2.05) is 12.1 Å². The van der Waals surface area contributed by atoms with E-state index in [0.29, 0.717) is 13.0 Å². The molecule has 0 aliphatic carbocycles. The Balaban J connectivity index is 1.56. The molecule has 0 spiro atoms. The molecule has 2 aromatic carbocycles. The number of amides is 1. The molecule has 4 nitrogen and oxygen atoms in total. The fourth-order valence-electron chi connectivity index (χ4n) is 3.56. The Hall–Kier alpha value is -2.33. The van der Waals surface area contributed by atoms with Crippen LogP contribution in [-0.4, -0.2) is 34.5 Å². The second kappa shape index (κ2) is 7.70. The van der Waals surface area contributed by atoms with Crippen molar-refractivity contribution in [1.82, 2.24) is 10.2 Å². The molecule has 1 unspecified atom stereocenters. The van der Waals surface area contributed by atoms with Gasteiger partial charge in [-0.2, -0.15) is 0 Å². The highest BCUT2D eigenvalue weighted by Gasteiger charge is 2.36. The first kappa shape index (κ1) is 17.5. The Bertz CT molecular complexity index is 717. The molecule has 3 rings (SSSR count). The first-order valence-electron chi connectivity index (χ1n) is 8.89. The minimum Gasteiger partial charge on any atom is -0.508 e. The SMILES string of the molecule is CC1(CNC(=O)Cc2cccc(O)c2)CCCN1Cc1ccccc1. The minimum absolute atomic E-state index is 0.00149. The lowest BCUT2D eigenvalue weighted by atomic mass is 9.98. The van der Waals surface area contributed by atoms with Crippen LogP contribution in [0.2, 0.25) is 0 Å². The van der Waals surface area contributed by atoms with Crippen LogP contribution in [-0.2, 0) is 17.8 Å². The van der Waals surface area contributed by atoms with Gasteiger partial charge in [0.2, 0.25) is 5.91 Å². The van der Waals surface area contributed by atoms with Gasteiger partial charge in [0.25, 0.3) is 0 Å². The Morgan fingerprint density at radius 3 is 2.68 bits per heavy atom. The number of phenolic OH excluding ortho intramolecular Hbond substituents is 1. The van der Waals surface area contributed by atoms with Crippen LogP contribution in [0.1, 0.15) is 30.9 Å². The molecule has 4 heteroatoms. The standard InChI is InChI=1S/C21H26N2O2/c1-21(11-6-12-23(21)15-17-7-3-2-4-8-17)16-22-20(25)14-18-9-5-10-19(24)13-18/h2-5,7-10,13,24H,6,11-12,14-16H2,1H3,(H,22,25). The van der Waals surface area contributed by atoms with Crippen LogP contribution in [0.15, 0.2) is 54.6 Å². The van der Waals surface area contributed by atoms with Crippen LogP contribution in [0.25, 0.3) is 0 Å². The number of nitrogens with one attached hydrogen (secondary N) is 1. The van der Waals surface area contributed by atoms with Crippen LogP contribution in [0.5, 0.6) is 5.75 Å². The van der Waals surface area contributed by atoms with E-state index >= 15 is 0 Å². The Morgan fingerprint density at radius 2 is 1.92 bits per heavy atom. The molecule has 1 atom stereocenters. The molecule has 0 bridgehead atoms. The summed E-state index contributed by atoms with van der Waals surface area (Å²) in [5.74, 6) is 0.195. The number of carbonyl (C=O) groups is 1. The van der Waals surface area contributed by atoms with Crippen molar-refractivity contribution in [2.24, 2.45) is 0 Å². The normalized spacial score (nSPS) is 20.5. The van der Waals surface area contributed by atoms with E-state index in [-0.39, 0.29) is 17.2 Å². The van der Waals surface area contributed by atoms with Crippen LogP contribution < -0.4 is 5.32 Å². The van der Waals surface area contributed by atoms with Gasteiger partial charge in [-0.3, -0.25) is 9.69 Å². The van der Waals surface area contributed by atoms with Gasteiger partial charge in [-0.05, 0) is 49.6 Å². The summed E-state index contributed by atoms with van der Waals surface area (Å²) in [5, 5.41) is 12.6. The van der Waals surface area contributed by atoms with Gasteiger partial charge in [0, 0.05) is 18.6 Å². The van der Waals surface area contributed by atoms with E-state index in [0.717, 1.165) is 31.5 Å². The summed E-state index contributed by atoms with van der Waals surface area (Å²) in [5.41, 5.74) is 2.13. The molecule has 1 heterocycles. The van der Waals surface area contributed by atoms with Crippen LogP contribution >= 0.6 is 0 Å². The van der Waals surface area contributed by atoms with Crippen molar-refractivity contribution in [1.29, 1.82) is 0 Å². The van der Waals surface area contributed by atoms with Crippen molar-refractivity contribution in [3.63, 3.8) is 0 Å². The zero-order valence-corrected chi connectivity index (χ0v) is 14.7. The Kier molecular flexibility index (Phi) is 5.39. The third-order valence-electron chi connectivity index (χ3n) is 5.06. The lowest BCUT2D eigenvalue weighted by Gasteiger charge is -2.35. The summed E-state index contributed by atoms with van der Waals surface area (Å²) in [6.07, 6.45) is 2.54. The zero-order chi connectivity index (χ0) is 17.7. The summed E-state index contributed by atoms with van der Waals surface area (Å²) >= 11 is 0. The molecule has 2 N–H and O–H groups in total. The van der Waals surface area contributed by atoms with Gasteiger partial charge >= 0.3 is 0 Å².